The summed E-state index contributed by atoms with van der Waals surface area (Å²) in [5.41, 5.74) is 0.465. The van der Waals surface area contributed by atoms with Gasteiger partial charge in [-0.3, -0.25) is 4.79 Å². The Hall–Kier alpha value is -0.810. The highest BCUT2D eigenvalue weighted by Crippen LogP contribution is 2.17. The van der Waals surface area contributed by atoms with Gasteiger partial charge in [-0.15, -0.1) is 0 Å². The molecule has 0 saturated heterocycles. The van der Waals surface area contributed by atoms with Crippen molar-refractivity contribution >= 4 is 21.8 Å². The van der Waals surface area contributed by atoms with Gasteiger partial charge >= 0.3 is 0 Å². The third kappa shape index (κ3) is 3.07. The fourth-order valence-corrected chi connectivity index (χ4v) is 1.46. The van der Waals surface area contributed by atoms with E-state index in [4.69, 9.17) is 9.52 Å². The third-order valence-electron chi connectivity index (χ3n) is 2.36. The molecule has 2 unspecified atom stereocenters. The molecule has 1 aromatic heterocycles. The number of aliphatic hydroxyl groups excluding tert-OH is 1. The second-order valence-corrected chi connectivity index (χ2v) is 4.25. The number of hydrogen-bond acceptors (Lipinski definition) is 3. The number of hydrogen-bond donors (Lipinski definition) is 2. The molecular formula is C10H14BrNO3. The second-order valence-electron chi connectivity index (χ2n) is 3.53. The molecule has 0 fully saturated rings. The molecule has 1 aromatic rings. The molecule has 2 N–H and O–H groups in total. The van der Waals surface area contributed by atoms with Gasteiger partial charge in [-0.2, -0.15) is 0 Å². The predicted octanol–water partition coefficient (Wildman–Crippen LogP) is 1.79. The van der Waals surface area contributed by atoms with E-state index in [0.717, 1.165) is 0 Å². The van der Waals surface area contributed by atoms with Gasteiger partial charge in [0.15, 0.2) is 4.67 Å². The minimum atomic E-state index is -0.205. The van der Waals surface area contributed by atoms with Gasteiger partial charge in [0.2, 0.25) is 0 Å². The summed E-state index contributed by atoms with van der Waals surface area (Å²) in [6, 6.07) is 1.51. The number of furan rings is 1. The number of nitrogens with one attached hydrogen (secondary N) is 1. The Morgan fingerprint density at radius 2 is 2.33 bits per heavy atom. The molecule has 84 valence electrons. The van der Waals surface area contributed by atoms with Gasteiger partial charge in [-0.1, -0.05) is 6.92 Å². The summed E-state index contributed by atoms with van der Waals surface area (Å²) in [6.07, 6.45) is 1.44. The van der Waals surface area contributed by atoms with Crippen LogP contribution < -0.4 is 5.32 Å². The van der Waals surface area contributed by atoms with Gasteiger partial charge in [0.25, 0.3) is 5.91 Å². The molecule has 0 saturated carbocycles. The van der Waals surface area contributed by atoms with Crippen LogP contribution in [0.4, 0.5) is 0 Å². The first kappa shape index (κ1) is 12.3. The Bertz CT molecular complexity index is 337. The Labute approximate surface area is 96.8 Å². The van der Waals surface area contributed by atoms with Crippen molar-refractivity contribution in [1.29, 1.82) is 0 Å². The minimum Gasteiger partial charge on any atom is -0.457 e. The van der Waals surface area contributed by atoms with Crippen molar-refractivity contribution in [3.8, 4) is 0 Å². The van der Waals surface area contributed by atoms with Gasteiger partial charge in [-0.05, 0) is 34.8 Å². The van der Waals surface area contributed by atoms with Crippen molar-refractivity contribution in [2.75, 3.05) is 6.61 Å². The molecule has 15 heavy (non-hydrogen) atoms. The zero-order chi connectivity index (χ0) is 11.4. The molecule has 5 heteroatoms. The molecule has 0 aromatic carbocycles. The fraction of sp³-hybridized carbons (Fsp3) is 0.500. The average Bonchev–Trinajstić information content (AvgIpc) is 2.63. The van der Waals surface area contributed by atoms with Crippen molar-refractivity contribution < 1.29 is 14.3 Å². The Kier molecular flexibility index (Phi) is 4.35. The summed E-state index contributed by atoms with van der Waals surface area (Å²) in [7, 11) is 0. The third-order valence-corrected chi connectivity index (χ3v) is 2.98. The number of carbonyl (C=O) groups is 1. The first-order valence-corrected chi connectivity index (χ1v) is 5.50. The summed E-state index contributed by atoms with van der Waals surface area (Å²) in [5.74, 6) is -0.178. The topological polar surface area (TPSA) is 62.5 Å². The summed E-state index contributed by atoms with van der Waals surface area (Å²) in [6.45, 7) is 3.77. The number of halogens is 1. The summed E-state index contributed by atoms with van der Waals surface area (Å²) < 4.78 is 5.38. The van der Waals surface area contributed by atoms with E-state index in [1.807, 2.05) is 13.8 Å². The SMILES string of the molecule is CC(CO)C(C)NC(=O)c1ccoc1Br. The van der Waals surface area contributed by atoms with Gasteiger partial charge in [-0.25, -0.2) is 0 Å². The van der Waals surface area contributed by atoms with Crippen LogP contribution in [-0.4, -0.2) is 23.7 Å². The maximum absolute atomic E-state index is 11.7. The smallest absolute Gasteiger partial charge is 0.255 e. The monoisotopic (exact) mass is 275 g/mol. The van der Waals surface area contributed by atoms with Crippen LogP contribution in [0.15, 0.2) is 21.4 Å². The highest BCUT2D eigenvalue weighted by molar-refractivity contribution is 9.10. The Morgan fingerprint density at radius 3 is 2.80 bits per heavy atom. The van der Waals surface area contributed by atoms with E-state index in [0.29, 0.717) is 10.2 Å². The lowest BCUT2D eigenvalue weighted by molar-refractivity contribution is 0.0914. The van der Waals surface area contributed by atoms with E-state index < -0.39 is 0 Å². The molecule has 0 bridgehead atoms. The lowest BCUT2D eigenvalue weighted by Gasteiger charge is -2.18. The molecule has 1 amide bonds. The summed E-state index contributed by atoms with van der Waals surface area (Å²) >= 11 is 3.13. The highest BCUT2D eigenvalue weighted by Gasteiger charge is 2.17. The summed E-state index contributed by atoms with van der Waals surface area (Å²) in [5, 5.41) is 11.7. The Balaban J connectivity index is 2.60. The van der Waals surface area contributed by atoms with Crippen LogP contribution in [0.2, 0.25) is 0 Å². The first-order chi connectivity index (χ1) is 7.06. The minimum absolute atomic E-state index is 0.0274. The van der Waals surface area contributed by atoms with Crippen LogP contribution in [0.3, 0.4) is 0 Å². The van der Waals surface area contributed by atoms with Crippen LogP contribution in [0.5, 0.6) is 0 Å². The quantitative estimate of drug-likeness (QED) is 0.881. The van der Waals surface area contributed by atoms with E-state index in [2.05, 4.69) is 21.2 Å². The fourth-order valence-electron chi connectivity index (χ4n) is 1.04. The molecule has 0 aliphatic carbocycles. The van der Waals surface area contributed by atoms with E-state index in [9.17, 15) is 4.79 Å². The van der Waals surface area contributed by atoms with Crippen LogP contribution in [0.1, 0.15) is 24.2 Å². The van der Waals surface area contributed by atoms with E-state index in [-0.39, 0.29) is 24.5 Å². The molecule has 0 radical (unpaired) electrons. The number of aliphatic hydroxyl groups is 1. The van der Waals surface area contributed by atoms with E-state index >= 15 is 0 Å². The molecule has 0 aliphatic heterocycles. The van der Waals surface area contributed by atoms with Crippen LogP contribution >= 0.6 is 15.9 Å². The van der Waals surface area contributed by atoms with Crippen molar-refractivity contribution in [2.24, 2.45) is 5.92 Å². The van der Waals surface area contributed by atoms with Crippen LogP contribution in [0.25, 0.3) is 0 Å². The number of amides is 1. The maximum Gasteiger partial charge on any atom is 0.255 e. The average molecular weight is 276 g/mol. The first-order valence-electron chi connectivity index (χ1n) is 4.71. The van der Waals surface area contributed by atoms with Crippen molar-refractivity contribution in [2.45, 2.75) is 19.9 Å². The molecule has 2 atom stereocenters. The largest absolute Gasteiger partial charge is 0.457 e. The lowest BCUT2D eigenvalue weighted by Crippen LogP contribution is -2.38. The predicted molar refractivity (Wildman–Crippen MR) is 59.6 cm³/mol. The molecule has 1 rings (SSSR count). The standard InChI is InChI=1S/C10H14BrNO3/c1-6(5-13)7(2)12-10(14)8-3-4-15-9(8)11/h3-4,6-7,13H,5H2,1-2H3,(H,12,14). The van der Waals surface area contributed by atoms with Crippen molar-refractivity contribution in [1.82, 2.24) is 5.32 Å². The molecule has 0 aliphatic rings. The van der Waals surface area contributed by atoms with Gasteiger partial charge in [0, 0.05) is 12.6 Å². The van der Waals surface area contributed by atoms with Crippen LogP contribution in [-0.2, 0) is 0 Å². The molecular weight excluding hydrogens is 262 g/mol. The number of carbonyl (C=O) groups excluding carboxylic acids is 1. The zero-order valence-electron chi connectivity index (χ0n) is 8.66. The van der Waals surface area contributed by atoms with Gasteiger partial charge in [0.1, 0.15) is 0 Å². The van der Waals surface area contributed by atoms with Crippen molar-refractivity contribution in [3.05, 3.63) is 22.6 Å². The number of rotatable bonds is 4. The Morgan fingerprint density at radius 1 is 1.67 bits per heavy atom. The second kappa shape index (κ2) is 5.32. The summed E-state index contributed by atoms with van der Waals surface area (Å²) in [4.78, 5) is 11.7. The van der Waals surface area contributed by atoms with Gasteiger partial charge in [0.05, 0.1) is 11.8 Å². The van der Waals surface area contributed by atoms with E-state index in [1.165, 1.54) is 6.26 Å². The highest BCUT2D eigenvalue weighted by atomic mass is 79.9. The van der Waals surface area contributed by atoms with Gasteiger partial charge < -0.3 is 14.8 Å². The zero-order valence-corrected chi connectivity index (χ0v) is 10.2. The van der Waals surface area contributed by atoms with Crippen molar-refractivity contribution in [3.63, 3.8) is 0 Å². The van der Waals surface area contributed by atoms with E-state index in [1.54, 1.807) is 6.07 Å². The maximum atomic E-state index is 11.7. The normalized spacial score (nSPS) is 14.7. The molecule has 1 heterocycles. The molecule has 0 spiro atoms. The lowest BCUT2D eigenvalue weighted by atomic mass is 10.1. The molecule has 4 nitrogen and oxygen atoms in total. The van der Waals surface area contributed by atoms with Crippen LogP contribution in [0, 0.1) is 5.92 Å².